The lowest BCUT2D eigenvalue weighted by molar-refractivity contribution is -0.132. The number of hydrazone groups is 1. The Morgan fingerprint density at radius 1 is 1.11 bits per heavy atom. The summed E-state index contributed by atoms with van der Waals surface area (Å²) in [5.41, 5.74) is 3.91. The molecule has 0 spiro atoms. The van der Waals surface area contributed by atoms with Crippen LogP contribution in [-0.2, 0) is 9.59 Å². The average Bonchev–Trinajstić information content (AvgIpc) is 3.35. The van der Waals surface area contributed by atoms with Crippen LogP contribution in [0.15, 0.2) is 53.6 Å². The number of hydrogen-bond donors (Lipinski definition) is 1. The molecule has 0 saturated carbocycles. The third-order valence-electron chi connectivity index (χ3n) is 4.63. The number of anilines is 1. The van der Waals surface area contributed by atoms with Gasteiger partial charge in [-0.15, -0.1) is 0 Å². The fourth-order valence-corrected chi connectivity index (χ4v) is 4.10. The summed E-state index contributed by atoms with van der Waals surface area (Å²) in [4.78, 5) is 29.1. The van der Waals surface area contributed by atoms with Crippen molar-refractivity contribution in [2.45, 2.75) is 26.2 Å². The molecule has 4 rings (SSSR count). The molecule has 1 aliphatic heterocycles. The molecule has 7 heteroatoms. The Bertz CT molecular complexity index is 1060. The van der Waals surface area contributed by atoms with E-state index in [2.05, 4.69) is 15.4 Å². The number of carbonyl (C=O) groups is 2. The van der Waals surface area contributed by atoms with Crippen molar-refractivity contribution >= 4 is 44.2 Å². The van der Waals surface area contributed by atoms with Crippen LogP contribution < -0.4 is 5.32 Å². The molecular formula is C21H20N4O2S. The first-order valence-electron chi connectivity index (χ1n) is 9.19. The molecule has 0 aliphatic carbocycles. The van der Waals surface area contributed by atoms with Crippen molar-refractivity contribution in [3.05, 3.63) is 59.7 Å². The summed E-state index contributed by atoms with van der Waals surface area (Å²) < 4.78 is 1.03. The van der Waals surface area contributed by atoms with E-state index in [1.165, 1.54) is 16.3 Å². The Morgan fingerprint density at radius 3 is 2.71 bits per heavy atom. The van der Waals surface area contributed by atoms with Crippen molar-refractivity contribution in [3.8, 4) is 0 Å². The van der Waals surface area contributed by atoms with Crippen LogP contribution in [0.4, 0.5) is 5.13 Å². The summed E-state index contributed by atoms with van der Waals surface area (Å²) in [6, 6.07) is 15.8. The Kier molecular flexibility index (Phi) is 5.16. The topological polar surface area (TPSA) is 74.7 Å². The SMILES string of the molecule is Cc1cccc2sc(NC(=O)CCC(=O)N3CCC(c4ccccc4)=N3)nc12. The number of benzene rings is 2. The largest absolute Gasteiger partial charge is 0.302 e. The molecule has 0 radical (unpaired) electrons. The van der Waals surface area contributed by atoms with Crippen molar-refractivity contribution in [1.29, 1.82) is 0 Å². The smallest absolute Gasteiger partial charge is 0.243 e. The molecule has 0 unspecified atom stereocenters. The van der Waals surface area contributed by atoms with Gasteiger partial charge in [-0.1, -0.05) is 53.8 Å². The van der Waals surface area contributed by atoms with Gasteiger partial charge >= 0.3 is 0 Å². The molecule has 6 nitrogen and oxygen atoms in total. The van der Waals surface area contributed by atoms with Crippen molar-refractivity contribution in [2.75, 3.05) is 11.9 Å². The predicted molar refractivity (Wildman–Crippen MR) is 112 cm³/mol. The van der Waals surface area contributed by atoms with Crippen molar-refractivity contribution < 1.29 is 9.59 Å². The molecule has 2 amide bonds. The fraction of sp³-hybridized carbons (Fsp3) is 0.238. The zero-order valence-corrected chi connectivity index (χ0v) is 16.3. The van der Waals surface area contributed by atoms with Gasteiger partial charge in [0.25, 0.3) is 0 Å². The number of aromatic nitrogens is 1. The molecule has 0 bridgehead atoms. The Labute approximate surface area is 166 Å². The summed E-state index contributed by atoms with van der Waals surface area (Å²) in [7, 11) is 0. The summed E-state index contributed by atoms with van der Waals surface area (Å²) >= 11 is 1.44. The van der Waals surface area contributed by atoms with Crippen molar-refractivity contribution in [3.63, 3.8) is 0 Å². The Hall–Kier alpha value is -3.06. The normalized spacial score (nSPS) is 13.6. The molecular weight excluding hydrogens is 372 g/mol. The first-order chi connectivity index (χ1) is 13.6. The van der Waals surface area contributed by atoms with E-state index in [1.807, 2.05) is 55.5 Å². The van der Waals surface area contributed by atoms with Crippen molar-refractivity contribution in [2.24, 2.45) is 5.10 Å². The number of fused-ring (bicyclic) bond motifs is 1. The molecule has 0 saturated heterocycles. The van der Waals surface area contributed by atoms with E-state index in [-0.39, 0.29) is 24.7 Å². The second kappa shape index (κ2) is 7.90. The van der Waals surface area contributed by atoms with Crippen LogP contribution >= 0.6 is 11.3 Å². The third-order valence-corrected chi connectivity index (χ3v) is 5.57. The lowest BCUT2D eigenvalue weighted by Gasteiger charge is -2.10. The molecule has 0 fully saturated rings. The van der Waals surface area contributed by atoms with Gasteiger partial charge < -0.3 is 5.32 Å². The van der Waals surface area contributed by atoms with Gasteiger partial charge in [0.1, 0.15) is 0 Å². The number of amides is 2. The predicted octanol–water partition coefficient (Wildman–Crippen LogP) is 3.96. The molecule has 2 heterocycles. The van der Waals surface area contributed by atoms with Gasteiger partial charge in [0.2, 0.25) is 11.8 Å². The van der Waals surface area contributed by atoms with E-state index >= 15 is 0 Å². The maximum absolute atomic E-state index is 12.4. The zero-order chi connectivity index (χ0) is 19.5. The van der Waals surface area contributed by atoms with Gasteiger partial charge in [0, 0.05) is 19.3 Å². The van der Waals surface area contributed by atoms with Gasteiger partial charge in [-0.25, -0.2) is 9.99 Å². The molecule has 1 aromatic heterocycles. The van der Waals surface area contributed by atoms with Gasteiger partial charge in [0.05, 0.1) is 22.5 Å². The minimum absolute atomic E-state index is 0.112. The monoisotopic (exact) mass is 392 g/mol. The number of thiazole rings is 1. The minimum Gasteiger partial charge on any atom is -0.302 e. The molecule has 0 atom stereocenters. The summed E-state index contributed by atoms with van der Waals surface area (Å²) in [5, 5.41) is 9.25. The van der Waals surface area contributed by atoms with Crippen LogP contribution in [0.2, 0.25) is 0 Å². The number of carbonyl (C=O) groups excluding carboxylic acids is 2. The van der Waals surface area contributed by atoms with Gasteiger partial charge in [0.15, 0.2) is 5.13 Å². The highest BCUT2D eigenvalue weighted by Crippen LogP contribution is 2.28. The number of nitrogens with one attached hydrogen (secondary N) is 1. The molecule has 28 heavy (non-hydrogen) atoms. The highest BCUT2D eigenvalue weighted by Gasteiger charge is 2.22. The zero-order valence-electron chi connectivity index (χ0n) is 15.5. The lowest BCUT2D eigenvalue weighted by Crippen LogP contribution is -2.24. The standard InChI is InChI=1S/C21H20N4O2S/c1-14-6-5-9-17-20(14)23-21(28-17)22-18(26)10-11-19(27)25-13-12-16(24-25)15-7-3-2-4-8-15/h2-9H,10-13H2,1H3,(H,22,23,26). The van der Waals surface area contributed by atoms with E-state index in [0.717, 1.165) is 33.5 Å². The second-order valence-corrected chi connectivity index (χ2v) is 7.70. The van der Waals surface area contributed by atoms with Gasteiger partial charge in [-0.3, -0.25) is 9.59 Å². The Morgan fingerprint density at radius 2 is 1.93 bits per heavy atom. The lowest BCUT2D eigenvalue weighted by atomic mass is 10.1. The Balaban J connectivity index is 1.32. The first kappa shape index (κ1) is 18.3. The van der Waals surface area contributed by atoms with E-state index in [0.29, 0.717) is 11.7 Å². The highest BCUT2D eigenvalue weighted by molar-refractivity contribution is 7.22. The number of hydrogen-bond acceptors (Lipinski definition) is 5. The molecule has 3 aromatic rings. The number of aryl methyl sites for hydroxylation is 1. The van der Waals surface area contributed by atoms with E-state index in [1.54, 1.807) is 0 Å². The van der Waals surface area contributed by atoms with Gasteiger partial charge in [-0.05, 0) is 24.1 Å². The first-order valence-corrected chi connectivity index (χ1v) is 10.0. The molecule has 1 aliphatic rings. The van der Waals surface area contributed by atoms with Crippen LogP contribution in [0.25, 0.3) is 10.2 Å². The van der Waals surface area contributed by atoms with Gasteiger partial charge in [-0.2, -0.15) is 5.10 Å². The molecule has 142 valence electrons. The average molecular weight is 392 g/mol. The maximum atomic E-state index is 12.4. The summed E-state index contributed by atoms with van der Waals surface area (Å²) in [6.45, 7) is 2.55. The summed E-state index contributed by atoms with van der Waals surface area (Å²) in [6.07, 6.45) is 0.967. The second-order valence-electron chi connectivity index (χ2n) is 6.67. The van der Waals surface area contributed by atoms with Crippen LogP contribution in [0.5, 0.6) is 0 Å². The van der Waals surface area contributed by atoms with Crippen LogP contribution in [0.3, 0.4) is 0 Å². The molecule has 2 aromatic carbocycles. The fourth-order valence-electron chi connectivity index (χ4n) is 3.14. The van der Waals surface area contributed by atoms with Crippen LogP contribution in [0, 0.1) is 6.92 Å². The molecule has 1 N–H and O–H groups in total. The van der Waals surface area contributed by atoms with E-state index < -0.39 is 0 Å². The summed E-state index contributed by atoms with van der Waals surface area (Å²) in [5.74, 6) is -0.349. The maximum Gasteiger partial charge on any atom is 0.243 e. The van der Waals surface area contributed by atoms with Crippen LogP contribution in [0.1, 0.15) is 30.4 Å². The third kappa shape index (κ3) is 3.94. The number of para-hydroxylation sites is 1. The minimum atomic E-state index is -0.212. The van der Waals surface area contributed by atoms with Crippen molar-refractivity contribution in [1.82, 2.24) is 9.99 Å². The number of rotatable bonds is 5. The highest BCUT2D eigenvalue weighted by atomic mass is 32.1. The quantitative estimate of drug-likeness (QED) is 0.714. The van der Waals surface area contributed by atoms with E-state index in [9.17, 15) is 9.59 Å². The van der Waals surface area contributed by atoms with E-state index in [4.69, 9.17) is 0 Å². The number of nitrogens with zero attached hydrogens (tertiary/aromatic N) is 3. The van der Waals surface area contributed by atoms with Crippen LogP contribution in [-0.4, -0.2) is 34.1 Å².